The molecule has 0 heterocycles. The van der Waals surface area contributed by atoms with Gasteiger partial charge in [-0.3, -0.25) is 4.79 Å². The van der Waals surface area contributed by atoms with Gasteiger partial charge in [-0.2, -0.15) is 0 Å². The van der Waals surface area contributed by atoms with Crippen LogP contribution in [0.3, 0.4) is 0 Å². The largest absolute Gasteiger partial charge is 0.353 e. The van der Waals surface area contributed by atoms with Crippen LogP contribution in [0.25, 0.3) is 0 Å². The quantitative estimate of drug-likeness (QED) is 0.796. The van der Waals surface area contributed by atoms with E-state index in [1.54, 1.807) is 14.1 Å². The lowest BCUT2D eigenvalue weighted by Gasteiger charge is -2.13. The van der Waals surface area contributed by atoms with Gasteiger partial charge in [0.05, 0.1) is 6.54 Å². The summed E-state index contributed by atoms with van der Waals surface area (Å²) in [5.41, 5.74) is 2.10. The zero-order chi connectivity index (χ0) is 12.8. The topological polar surface area (TPSA) is 44.4 Å². The maximum atomic E-state index is 11.3. The second-order valence-electron chi connectivity index (χ2n) is 3.96. The number of thiocarbonyl (C=S) groups is 1. The smallest absolute Gasteiger partial charge is 0.241 e. The molecule has 0 saturated carbocycles. The third-order valence-corrected chi connectivity index (χ3v) is 2.45. The molecule has 1 aromatic carbocycles. The van der Waals surface area contributed by atoms with Gasteiger partial charge in [-0.15, -0.1) is 0 Å². The molecule has 1 rings (SSSR count). The molecule has 0 fully saturated rings. The molecule has 5 heteroatoms. The van der Waals surface area contributed by atoms with Gasteiger partial charge in [0.1, 0.15) is 0 Å². The van der Waals surface area contributed by atoms with Crippen LogP contribution < -0.4 is 10.6 Å². The Kier molecular flexibility index (Phi) is 4.90. The van der Waals surface area contributed by atoms with Crippen molar-refractivity contribution < 1.29 is 4.79 Å². The molecule has 1 amide bonds. The Morgan fingerprint density at radius 3 is 2.41 bits per heavy atom. The van der Waals surface area contributed by atoms with Gasteiger partial charge in [-0.05, 0) is 31.3 Å². The average Bonchev–Trinajstić information content (AvgIpc) is 2.29. The molecule has 2 N–H and O–H groups in total. The number of amides is 1. The van der Waals surface area contributed by atoms with Crippen molar-refractivity contribution >= 4 is 28.9 Å². The van der Waals surface area contributed by atoms with Crippen LogP contribution in [0, 0.1) is 6.92 Å². The summed E-state index contributed by atoms with van der Waals surface area (Å²) in [4.78, 5) is 12.8. The van der Waals surface area contributed by atoms with Crippen LogP contribution in [-0.4, -0.2) is 36.6 Å². The predicted molar refractivity (Wildman–Crippen MR) is 74.1 cm³/mol. The van der Waals surface area contributed by atoms with Crippen LogP contribution in [0.5, 0.6) is 0 Å². The van der Waals surface area contributed by atoms with E-state index >= 15 is 0 Å². The van der Waals surface area contributed by atoms with Crippen LogP contribution in [0.15, 0.2) is 24.3 Å². The lowest BCUT2D eigenvalue weighted by atomic mass is 10.2. The van der Waals surface area contributed by atoms with E-state index in [0.717, 1.165) is 5.69 Å². The van der Waals surface area contributed by atoms with Crippen molar-refractivity contribution in [1.82, 2.24) is 10.2 Å². The first-order valence-electron chi connectivity index (χ1n) is 5.30. The third-order valence-electron chi connectivity index (χ3n) is 2.21. The number of aryl methyl sites for hydroxylation is 1. The zero-order valence-electron chi connectivity index (χ0n) is 10.3. The number of hydrogen-bond acceptors (Lipinski definition) is 2. The molecule has 1 aromatic rings. The van der Waals surface area contributed by atoms with Crippen molar-refractivity contribution in [3.63, 3.8) is 0 Å². The van der Waals surface area contributed by atoms with Crippen molar-refractivity contribution in [2.24, 2.45) is 0 Å². The van der Waals surface area contributed by atoms with Crippen LogP contribution in [0.2, 0.25) is 0 Å². The molecule has 0 aromatic heterocycles. The highest BCUT2D eigenvalue weighted by atomic mass is 32.1. The van der Waals surface area contributed by atoms with Gasteiger partial charge in [0, 0.05) is 19.8 Å². The molecule has 0 radical (unpaired) electrons. The van der Waals surface area contributed by atoms with E-state index in [1.807, 2.05) is 31.2 Å². The summed E-state index contributed by atoms with van der Waals surface area (Å²) in [5, 5.41) is 6.32. The van der Waals surface area contributed by atoms with E-state index in [2.05, 4.69) is 10.6 Å². The molecule has 0 unspecified atom stereocenters. The van der Waals surface area contributed by atoms with Crippen LogP contribution in [0.4, 0.5) is 5.69 Å². The van der Waals surface area contributed by atoms with Gasteiger partial charge in [-0.25, -0.2) is 0 Å². The number of likely N-dealkylation sites (N-methyl/N-ethyl adjacent to an activating group) is 1. The number of carbonyl (C=O) groups is 1. The standard InChI is InChI=1S/C12H17N3OS/c1-9-4-6-10(7-5-9)14-12(17)13-8-11(16)15(2)3/h4-7H,8H2,1-3H3,(H2,13,14,17). The fraction of sp³-hybridized carbons (Fsp3) is 0.333. The second-order valence-corrected chi connectivity index (χ2v) is 4.37. The Hall–Kier alpha value is -1.62. The molecular weight excluding hydrogens is 234 g/mol. The fourth-order valence-corrected chi connectivity index (χ4v) is 1.32. The predicted octanol–water partition coefficient (Wildman–Crippen LogP) is 1.37. The normalized spacial score (nSPS) is 9.59. The maximum Gasteiger partial charge on any atom is 0.241 e. The molecule has 0 aliphatic carbocycles. The summed E-state index contributed by atoms with van der Waals surface area (Å²) in [7, 11) is 3.42. The van der Waals surface area contributed by atoms with Gasteiger partial charge in [-0.1, -0.05) is 17.7 Å². The minimum atomic E-state index is -0.0157. The fourth-order valence-electron chi connectivity index (χ4n) is 1.13. The number of nitrogens with zero attached hydrogens (tertiary/aromatic N) is 1. The summed E-state index contributed by atoms with van der Waals surface area (Å²) in [5.74, 6) is -0.0157. The van der Waals surface area contributed by atoms with Crippen molar-refractivity contribution in [3.8, 4) is 0 Å². The van der Waals surface area contributed by atoms with Gasteiger partial charge in [0.15, 0.2) is 5.11 Å². The summed E-state index contributed by atoms with van der Waals surface area (Å²) < 4.78 is 0. The van der Waals surface area contributed by atoms with Crippen LogP contribution >= 0.6 is 12.2 Å². The number of anilines is 1. The van der Waals surface area contributed by atoms with E-state index in [-0.39, 0.29) is 12.5 Å². The molecule has 17 heavy (non-hydrogen) atoms. The van der Waals surface area contributed by atoms with Crippen molar-refractivity contribution in [2.75, 3.05) is 26.0 Å². The minimum absolute atomic E-state index is 0.0157. The summed E-state index contributed by atoms with van der Waals surface area (Å²) in [6.45, 7) is 2.22. The van der Waals surface area contributed by atoms with E-state index in [4.69, 9.17) is 12.2 Å². The Balaban J connectivity index is 2.40. The summed E-state index contributed by atoms with van der Waals surface area (Å²) >= 11 is 5.08. The molecular formula is C12H17N3OS. The van der Waals surface area contributed by atoms with Crippen LogP contribution in [0.1, 0.15) is 5.56 Å². The highest BCUT2D eigenvalue weighted by Crippen LogP contribution is 2.07. The van der Waals surface area contributed by atoms with Crippen molar-refractivity contribution in [1.29, 1.82) is 0 Å². The second kappa shape index (κ2) is 6.20. The molecule has 0 saturated heterocycles. The average molecular weight is 251 g/mol. The highest BCUT2D eigenvalue weighted by molar-refractivity contribution is 7.80. The Labute approximate surface area is 107 Å². The first kappa shape index (κ1) is 13.4. The van der Waals surface area contributed by atoms with Gasteiger partial charge >= 0.3 is 0 Å². The summed E-state index contributed by atoms with van der Waals surface area (Å²) in [6, 6.07) is 7.88. The molecule has 0 atom stereocenters. The van der Waals surface area contributed by atoms with Crippen molar-refractivity contribution in [2.45, 2.75) is 6.92 Å². The number of hydrogen-bond donors (Lipinski definition) is 2. The first-order chi connectivity index (χ1) is 7.99. The lowest BCUT2D eigenvalue weighted by molar-refractivity contribution is -0.127. The van der Waals surface area contributed by atoms with Gasteiger partial charge in [0.2, 0.25) is 5.91 Å². The lowest BCUT2D eigenvalue weighted by Crippen LogP contribution is -2.38. The maximum absolute atomic E-state index is 11.3. The Morgan fingerprint density at radius 1 is 1.29 bits per heavy atom. The molecule has 0 bridgehead atoms. The molecule has 0 spiro atoms. The zero-order valence-corrected chi connectivity index (χ0v) is 11.1. The molecule has 92 valence electrons. The Bertz CT molecular complexity index is 401. The number of nitrogens with one attached hydrogen (secondary N) is 2. The third kappa shape index (κ3) is 4.82. The SMILES string of the molecule is Cc1ccc(NC(=S)NCC(=O)N(C)C)cc1. The van der Waals surface area contributed by atoms with Crippen molar-refractivity contribution in [3.05, 3.63) is 29.8 Å². The number of rotatable bonds is 3. The summed E-state index contributed by atoms with van der Waals surface area (Å²) in [6.07, 6.45) is 0. The monoisotopic (exact) mass is 251 g/mol. The molecule has 0 aliphatic rings. The minimum Gasteiger partial charge on any atom is -0.353 e. The van der Waals surface area contributed by atoms with Gasteiger partial charge < -0.3 is 15.5 Å². The van der Waals surface area contributed by atoms with E-state index < -0.39 is 0 Å². The van der Waals surface area contributed by atoms with Gasteiger partial charge in [0.25, 0.3) is 0 Å². The van der Waals surface area contributed by atoms with E-state index in [0.29, 0.717) is 5.11 Å². The molecule has 4 nitrogen and oxygen atoms in total. The Morgan fingerprint density at radius 2 is 1.88 bits per heavy atom. The number of carbonyl (C=O) groups excluding carboxylic acids is 1. The van der Waals surface area contributed by atoms with E-state index in [1.165, 1.54) is 10.5 Å². The first-order valence-corrected chi connectivity index (χ1v) is 5.71. The number of benzene rings is 1. The van der Waals surface area contributed by atoms with Crippen LogP contribution in [-0.2, 0) is 4.79 Å². The molecule has 0 aliphatic heterocycles. The highest BCUT2D eigenvalue weighted by Gasteiger charge is 2.04. The van der Waals surface area contributed by atoms with E-state index in [9.17, 15) is 4.79 Å².